The number of ether oxygens (including phenoxy) is 2. The van der Waals surface area contributed by atoms with E-state index in [2.05, 4.69) is 27.8 Å². The van der Waals surface area contributed by atoms with Crippen molar-refractivity contribution in [2.45, 2.75) is 30.6 Å². The number of imidazole rings is 1. The van der Waals surface area contributed by atoms with Gasteiger partial charge in [-0.25, -0.2) is 4.98 Å². The summed E-state index contributed by atoms with van der Waals surface area (Å²) in [6.45, 7) is 2.69. The first-order valence-corrected chi connectivity index (χ1v) is 11.6. The van der Waals surface area contributed by atoms with Crippen molar-refractivity contribution < 1.29 is 14.3 Å². The number of nitrogens with zero attached hydrogens (tertiary/aromatic N) is 3. The van der Waals surface area contributed by atoms with Crippen LogP contribution in [0.3, 0.4) is 0 Å². The second kappa shape index (κ2) is 9.06. The van der Waals surface area contributed by atoms with Crippen LogP contribution in [0, 0.1) is 0 Å². The van der Waals surface area contributed by atoms with E-state index in [4.69, 9.17) is 9.47 Å². The van der Waals surface area contributed by atoms with Crippen LogP contribution in [-0.4, -0.2) is 45.9 Å². The van der Waals surface area contributed by atoms with Crippen LogP contribution in [0.15, 0.2) is 66.1 Å². The van der Waals surface area contributed by atoms with Crippen LogP contribution >= 0.6 is 11.8 Å². The highest BCUT2D eigenvalue weighted by Crippen LogP contribution is 2.38. The molecule has 1 atom stereocenters. The van der Waals surface area contributed by atoms with Crippen molar-refractivity contribution in [3.05, 3.63) is 72.1 Å². The van der Waals surface area contributed by atoms with Gasteiger partial charge in [-0.1, -0.05) is 48.2 Å². The van der Waals surface area contributed by atoms with Gasteiger partial charge in [-0.3, -0.25) is 4.79 Å². The molecule has 0 bridgehead atoms. The predicted molar refractivity (Wildman–Crippen MR) is 120 cm³/mol. The Bertz CT molecular complexity index is 1050. The molecule has 1 fully saturated rings. The van der Waals surface area contributed by atoms with E-state index in [0.717, 1.165) is 48.2 Å². The number of benzene rings is 2. The molecule has 1 unspecified atom stereocenters. The normalized spacial score (nSPS) is 17.7. The molecule has 160 valence electrons. The molecule has 1 amide bonds. The molecule has 31 heavy (non-hydrogen) atoms. The molecular formula is C24H25N3O3S. The van der Waals surface area contributed by atoms with E-state index >= 15 is 0 Å². The maximum atomic E-state index is 13.1. The minimum absolute atomic E-state index is 0.0907. The zero-order valence-corrected chi connectivity index (χ0v) is 18.1. The van der Waals surface area contributed by atoms with E-state index in [1.54, 1.807) is 6.20 Å². The smallest absolute Gasteiger partial charge is 0.233 e. The van der Waals surface area contributed by atoms with Crippen LogP contribution in [0.1, 0.15) is 30.0 Å². The van der Waals surface area contributed by atoms with Crippen molar-refractivity contribution in [1.82, 2.24) is 14.5 Å². The van der Waals surface area contributed by atoms with Gasteiger partial charge in [0.05, 0.1) is 11.8 Å². The molecule has 0 radical (unpaired) electrons. The minimum Gasteiger partial charge on any atom is -0.486 e. The van der Waals surface area contributed by atoms with E-state index in [9.17, 15) is 4.79 Å². The average Bonchev–Trinajstić information content (AvgIpc) is 3.48. The number of rotatable bonds is 6. The number of hydrogen-bond donors (Lipinski definition) is 0. The first-order chi connectivity index (χ1) is 15.3. The number of hydrogen-bond acceptors (Lipinski definition) is 5. The molecule has 5 rings (SSSR count). The molecular weight excluding hydrogens is 410 g/mol. The SMILES string of the molecule is O=C(CSc1nccn1Cc1ccccc1)N1CCCC1c1ccc2c(c1)OCCO2. The highest BCUT2D eigenvalue weighted by Gasteiger charge is 2.31. The van der Waals surface area contributed by atoms with Gasteiger partial charge in [-0.2, -0.15) is 0 Å². The molecule has 0 saturated carbocycles. The Hall–Kier alpha value is -2.93. The monoisotopic (exact) mass is 435 g/mol. The van der Waals surface area contributed by atoms with Crippen LogP contribution in [-0.2, 0) is 11.3 Å². The fraction of sp³-hybridized carbons (Fsp3) is 0.333. The predicted octanol–water partition coefficient (Wildman–Crippen LogP) is 4.16. The summed E-state index contributed by atoms with van der Waals surface area (Å²) in [6, 6.07) is 16.4. The fourth-order valence-corrected chi connectivity index (χ4v) is 5.07. The summed E-state index contributed by atoms with van der Waals surface area (Å²) in [5.74, 6) is 2.09. The third-order valence-corrected chi connectivity index (χ3v) is 6.71. The summed E-state index contributed by atoms with van der Waals surface area (Å²) in [5, 5.41) is 0.868. The largest absolute Gasteiger partial charge is 0.486 e. The van der Waals surface area contributed by atoms with E-state index < -0.39 is 0 Å². The molecule has 3 aromatic rings. The third-order valence-electron chi connectivity index (χ3n) is 5.72. The quantitative estimate of drug-likeness (QED) is 0.544. The van der Waals surface area contributed by atoms with Crippen LogP contribution in [0.2, 0.25) is 0 Å². The van der Waals surface area contributed by atoms with Gasteiger partial charge in [0, 0.05) is 25.5 Å². The maximum Gasteiger partial charge on any atom is 0.233 e. The molecule has 7 heteroatoms. The third kappa shape index (κ3) is 4.42. The van der Waals surface area contributed by atoms with Gasteiger partial charge >= 0.3 is 0 Å². The van der Waals surface area contributed by atoms with E-state index in [1.807, 2.05) is 41.4 Å². The summed E-state index contributed by atoms with van der Waals surface area (Å²) in [5.41, 5.74) is 2.33. The maximum absolute atomic E-state index is 13.1. The lowest BCUT2D eigenvalue weighted by Gasteiger charge is -2.26. The van der Waals surface area contributed by atoms with Gasteiger partial charge in [-0.15, -0.1) is 0 Å². The average molecular weight is 436 g/mol. The number of carbonyl (C=O) groups is 1. The summed E-state index contributed by atoms with van der Waals surface area (Å²) in [4.78, 5) is 19.6. The van der Waals surface area contributed by atoms with Crippen LogP contribution in [0.4, 0.5) is 0 Å². The topological polar surface area (TPSA) is 56.6 Å². The number of fused-ring (bicyclic) bond motifs is 1. The lowest BCUT2D eigenvalue weighted by atomic mass is 10.0. The van der Waals surface area contributed by atoms with Crippen molar-refractivity contribution in [3.63, 3.8) is 0 Å². The second-order valence-electron chi connectivity index (χ2n) is 7.76. The van der Waals surface area contributed by atoms with Crippen molar-refractivity contribution in [2.24, 2.45) is 0 Å². The molecule has 0 N–H and O–H groups in total. The first kappa shape index (κ1) is 20.0. The highest BCUT2D eigenvalue weighted by molar-refractivity contribution is 7.99. The molecule has 2 aliphatic heterocycles. The molecule has 3 heterocycles. The zero-order chi connectivity index (χ0) is 21.0. The van der Waals surface area contributed by atoms with Gasteiger partial charge in [-0.05, 0) is 36.1 Å². The van der Waals surface area contributed by atoms with Crippen molar-refractivity contribution >= 4 is 17.7 Å². The Balaban J connectivity index is 1.24. The molecule has 0 spiro atoms. The van der Waals surface area contributed by atoms with E-state index in [-0.39, 0.29) is 11.9 Å². The summed E-state index contributed by atoms with van der Waals surface area (Å²) >= 11 is 1.50. The Kier molecular flexibility index (Phi) is 5.84. The number of aromatic nitrogens is 2. The van der Waals surface area contributed by atoms with Crippen LogP contribution in [0.5, 0.6) is 11.5 Å². The fourth-order valence-electron chi connectivity index (χ4n) is 4.22. The van der Waals surface area contributed by atoms with Gasteiger partial charge < -0.3 is 18.9 Å². The van der Waals surface area contributed by atoms with E-state index in [0.29, 0.717) is 19.0 Å². The Morgan fingerprint density at radius 3 is 2.81 bits per heavy atom. The van der Waals surface area contributed by atoms with Crippen molar-refractivity contribution in [1.29, 1.82) is 0 Å². The van der Waals surface area contributed by atoms with Gasteiger partial charge in [0.25, 0.3) is 0 Å². The number of amides is 1. The van der Waals surface area contributed by atoms with Gasteiger partial charge in [0.1, 0.15) is 13.2 Å². The number of thioether (sulfide) groups is 1. The minimum atomic E-state index is 0.0907. The summed E-state index contributed by atoms with van der Waals surface area (Å²) in [7, 11) is 0. The lowest BCUT2D eigenvalue weighted by Crippen LogP contribution is -2.32. The summed E-state index contributed by atoms with van der Waals surface area (Å²) < 4.78 is 13.5. The number of carbonyl (C=O) groups excluding carboxylic acids is 1. The molecule has 2 aliphatic rings. The van der Waals surface area contributed by atoms with Gasteiger partial charge in [0.2, 0.25) is 5.91 Å². The number of likely N-dealkylation sites (tertiary alicyclic amines) is 1. The van der Waals surface area contributed by atoms with Crippen LogP contribution < -0.4 is 9.47 Å². The molecule has 1 saturated heterocycles. The van der Waals surface area contributed by atoms with Crippen molar-refractivity contribution in [3.8, 4) is 11.5 Å². The molecule has 2 aromatic carbocycles. The van der Waals surface area contributed by atoms with E-state index in [1.165, 1.54) is 17.3 Å². The van der Waals surface area contributed by atoms with Gasteiger partial charge in [0.15, 0.2) is 16.7 Å². The standard InChI is InChI=1S/C24H25N3O3S/c28-23(17-31-24-25-10-12-26(24)16-18-5-2-1-3-6-18)27-11-4-7-20(27)19-8-9-21-22(15-19)30-14-13-29-21/h1-3,5-6,8-10,12,15,20H,4,7,11,13-14,16-17H2. The van der Waals surface area contributed by atoms with Crippen molar-refractivity contribution in [2.75, 3.05) is 25.5 Å². The lowest BCUT2D eigenvalue weighted by molar-refractivity contribution is -0.129. The van der Waals surface area contributed by atoms with Crippen LogP contribution in [0.25, 0.3) is 0 Å². The molecule has 6 nitrogen and oxygen atoms in total. The first-order valence-electron chi connectivity index (χ1n) is 10.6. The summed E-state index contributed by atoms with van der Waals surface area (Å²) in [6.07, 6.45) is 5.74. The second-order valence-corrected chi connectivity index (χ2v) is 8.70. The molecule has 1 aromatic heterocycles. The molecule has 0 aliphatic carbocycles. The zero-order valence-electron chi connectivity index (χ0n) is 17.3. The highest BCUT2D eigenvalue weighted by atomic mass is 32.2. The Morgan fingerprint density at radius 1 is 1.10 bits per heavy atom. The Labute approximate surface area is 186 Å². The Morgan fingerprint density at radius 2 is 1.94 bits per heavy atom.